The number of nitrogens with one attached hydrogen (secondary N) is 1. The quantitative estimate of drug-likeness (QED) is 0.687. The molecule has 0 atom stereocenters. The Morgan fingerprint density at radius 1 is 1.25 bits per heavy atom. The van der Waals surface area contributed by atoms with E-state index in [-0.39, 0.29) is 5.54 Å². The van der Waals surface area contributed by atoms with Gasteiger partial charge in [0.05, 0.1) is 0 Å². The number of hydrogen-bond acceptors (Lipinski definition) is 2. The largest absolute Gasteiger partial charge is 0.308 e. The molecular weight excluding hydrogens is 330 g/mol. The van der Waals surface area contributed by atoms with Crippen molar-refractivity contribution < 1.29 is 0 Å². The van der Waals surface area contributed by atoms with E-state index in [1.54, 1.807) is 0 Å². The number of rotatable bonds is 5. The van der Waals surface area contributed by atoms with E-state index in [2.05, 4.69) is 60.2 Å². The first-order valence-corrected chi connectivity index (χ1v) is 9.38. The van der Waals surface area contributed by atoms with Crippen molar-refractivity contribution in [3.63, 3.8) is 0 Å². The summed E-state index contributed by atoms with van der Waals surface area (Å²) in [6.07, 6.45) is 5.73. The van der Waals surface area contributed by atoms with Crippen LogP contribution in [-0.2, 0) is 6.54 Å². The lowest BCUT2D eigenvalue weighted by molar-refractivity contribution is 0.424. The molecule has 1 aliphatic carbocycles. The van der Waals surface area contributed by atoms with Crippen molar-refractivity contribution in [1.29, 1.82) is 0 Å². The lowest BCUT2D eigenvalue weighted by Crippen LogP contribution is -2.35. The number of thioether (sulfide) groups is 1. The molecule has 0 radical (unpaired) electrons. The average molecular weight is 356 g/mol. The minimum atomic E-state index is 0.169. The molecule has 0 spiro atoms. The molecule has 0 amide bonds. The molecule has 3 heteroatoms. The third-order valence-electron chi connectivity index (χ3n) is 3.77. The molecule has 112 valence electrons. The van der Waals surface area contributed by atoms with Gasteiger partial charge in [0.15, 0.2) is 0 Å². The highest BCUT2D eigenvalue weighted by Crippen LogP contribution is 2.34. The summed E-state index contributed by atoms with van der Waals surface area (Å²) in [7, 11) is 0. The molecule has 20 heavy (non-hydrogen) atoms. The van der Waals surface area contributed by atoms with E-state index >= 15 is 0 Å². The van der Waals surface area contributed by atoms with Gasteiger partial charge >= 0.3 is 0 Å². The second-order valence-corrected chi connectivity index (χ2v) is 8.75. The zero-order valence-corrected chi connectivity index (χ0v) is 15.2. The van der Waals surface area contributed by atoms with Crippen LogP contribution in [0.3, 0.4) is 0 Å². The number of benzene rings is 1. The Morgan fingerprint density at radius 3 is 2.55 bits per heavy atom. The van der Waals surface area contributed by atoms with Crippen molar-refractivity contribution in [3.05, 3.63) is 28.2 Å². The van der Waals surface area contributed by atoms with Gasteiger partial charge in [0.25, 0.3) is 0 Å². The van der Waals surface area contributed by atoms with Crippen molar-refractivity contribution in [3.8, 4) is 0 Å². The van der Waals surface area contributed by atoms with Crippen LogP contribution in [0, 0.1) is 5.92 Å². The van der Waals surface area contributed by atoms with Gasteiger partial charge in [0.1, 0.15) is 0 Å². The summed E-state index contributed by atoms with van der Waals surface area (Å²) < 4.78 is 1.24. The van der Waals surface area contributed by atoms with Crippen molar-refractivity contribution in [1.82, 2.24) is 5.32 Å². The van der Waals surface area contributed by atoms with Gasteiger partial charge in [-0.1, -0.05) is 18.9 Å². The first-order valence-electron chi connectivity index (χ1n) is 7.60. The fourth-order valence-corrected chi connectivity index (χ4v) is 4.40. The summed E-state index contributed by atoms with van der Waals surface area (Å²) in [6, 6.07) is 6.78. The van der Waals surface area contributed by atoms with Crippen LogP contribution >= 0.6 is 27.7 Å². The number of hydrogen-bond donors (Lipinski definition) is 1. The molecule has 0 aromatic heterocycles. The molecule has 0 heterocycles. The molecule has 1 aromatic carbocycles. The van der Waals surface area contributed by atoms with Gasteiger partial charge in [0.2, 0.25) is 0 Å². The summed E-state index contributed by atoms with van der Waals surface area (Å²) >= 11 is 5.74. The van der Waals surface area contributed by atoms with E-state index < -0.39 is 0 Å². The van der Waals surface area contributed by atoms with Crippen molar-refractivity contribution >= 4 is 27.7 Å². The summed E-state index contributed by atoms with van der Waals surface area (Å²) in [5.41, 5.74) is 1.51. The predicted molar refractivity (Wildman–Crippen MR) is 93.4 cm³/mol. The zero-order chi connectivity index (χ0) is 14.6. The van der Waals surface area contributed by atoms with Crippen LogP contribution < -0.4 is 5.32 Å². The van der Waals surface area contributed by atoms with E-state index in [0.29, 0.717) is 0 Å². The normalized spacial score (nSPS) is 16.8. The molecule has 1 N–H and O–H groups in total. The molecular formula is C17H26BrNS. The maximum Gasteiger partial charge on any atom is 0.0314 e. The molecule has 0 saturated heterocycles. The zero-order valence-electron chi connectivity index (χ0n) is 12.8. The van der Waals surface area contributed by atoms with E-state index in [1.807, 2.05) is 11.8 Å². The maximum absolute atomic E-state index is 3.73. The Labute approximate surface area is 136 Å². The van der Waals surface area contributed by atoms with Crippen molar-refractivity contribution in [2.45, 2.75) is 63.4 Å². The second kappa shape index (κ2) is 7.33. The van der Waals surface area contributed by atoms with Crippen LogP contribution in [0.15, 0.2) is 27.6 Å². The standard InChI is InChI=1S/C17H26BrNS/c1-17(2,3)19-11-14-8-9-16(15(18)10-14)20-12-13-6-4-5-7-13/h8-10,13,19H,4-7,11-12H2,1-3H3. The molecule has 1 aromatic rings. The van der Waals surface area contributed by atoms with Crippen molar-refractivity contribution in [2.24, 2.45) is 5.92 Å². The highest BCUT2D eigenvalue weighted by Gasteiger charge is 2.16. The van der Waals surface area contributed by atoms with Crippen LogP contribution in [0.5, 0.6) is 0 Å². The fourth-order valence-electron chi connectivity index (χ4n) is 2.52. The van der Waals surface area contributed by atoms with Gasteiger partial charge in [-0.2, -0.15) is 0 Å². The van der Waals surface area contributed by atoms with Crippen LogP contribution in [0.2, 0.25) is 0 Å². The molecule has 0 unspecified atom stereocenters. The smallest absolute Gasteiger partial charge is 0.0314 e. The molecule has 1 fully saturated rings. The summed E-state index contributed by atoms with van der Waals surface area (Å²) in [5.74, 6) is 2.21. The summed E-state index contributed by atoms with van der Waals surface area (Å²) in [5, 5.41) is 3.53. The van der Waals surface area contributed by atoms with Gasteiger partial charge in [-0.25, -0.2) is 0 Å². The average Bonchev–Trinajstić information content (AvgIpc) is 2.87. The van der Waals surface area contributed by atoms with Gasteiger partial charge < -0.3 is 5.32 Å². The lowest BCUT2D eigenvalue weighted by Gasteiger charge is -2.20. The van der Waals surface area contributed by atoms with Gasteiger partial charge in [-0.05, 0) is 73.2 Å². The third-order valence-corrected chi connectivity index (χ3v) is 5.99. The fraction of sp³-hybridized carbons (Fsp3) is 0.647. The third kappa shape index (κ3) is 5.42. The Bertz CT molecular complexity index is 433. The van der Waals surface area contributed by atoms with Gasteiger partial charge in [-0.15, -0.1) is 11.8 Å². The maximum atomic E-state index is 3.73. The summed E-state index contributed by atoms with van der Waals surface area (Å²) in [4.78, 5) is 1.39. The highest BCUT2D eigenvalue weighted by molar-refractivity contribution is 9.10. The molecule has 0 aliphatic heterocycles. The van der Waals surface area contributed by atoms with Crippen LogP contribution in [0.1, 0.15) is 52.0 Å². The molecule has 0 bridgehead atoms. The Balaban J connectivity index is 1.88. The minimum absolute atomic E-state index is 0.169. The molecule has 1 saturated carbocycles. The minimum Gasteiger partial charge on any atom is -0.308 e. The lowest BCUT2D eigenvalue weighted by atomic mass is 10.1. The SMILES string of the molecule is CC(C)(C)NCc1ccc(SCC2CCCC2)c(Br)c1. The van der Waals surface area contributed by atoms with E-state index in [9.17, 15) is 0 Å². The molecule has 2 rings (SSSR count). The Hall–Kier alpha value is 0.01000. The van der Waals surface area contributed by atoms with Crippen LogP contribution in [0.4, 0.5) is 0 Å². The van der Waals surface area contributed by atoms with E-state index in [0.717, 1.165) is 12.5 Å². The van der Waals surface area contributed by atoms with E-state index in [1.165, 1.54) is 46.4 Å². The predicted octanol–water partition coefficient (Wildman–Crippen LogP) is 5.62. The topological polar surface area (TPSA) is 12.0 Å². The van der Waals surface area contributed by atoms with Gasteiger partial charge in [-0.3, -0.25) is 0 Å². The van der Waals surface area contributed by atoms with Crippen molar-refractivity contribution in [2.75, 3.05) is 5.75 Å². The highest BCUT2D eigenvalue weighted by atomic mass is 79.9. The van der Waals surface area contributed by atoms with Gasteiger partial charge in [0, 0.05) is 27.2 Å². The molecule has 1 aliphatic rings. The van der Waals surface area contributed by atoms with E-state index in [4.69, 9.17) is 0 Å². The first-order chi connectivity index (χ1) is 9.44. The number of halogens is 1. The Kier molecular flexibility index (Phi) is 6.00. The first kappa shape index (κ1) is 16.4. The summed E-state index contributed by atoms with van der Waals surface area (Å²) in [6.45, 7) is 7.53. The Morgan fingerprint density at radius 2 is 1.95 bits per heavy atom. The van der Waals surface area contributed by atoms with Crippen LogP contribution in [0.25, 0.3) is 0 Å². The monoisotopic (exact) mass is 355 g/mol. The van der Waals surface area contributed by atoms with Crippen LogP contribution in [-0.4, -0.2) is 11.3 Å². The second-order valence-electron chi connectivity index (χ2n) is 6.83. The molecule has 1 nitrogen and oxygen atoms in total.